The molecule has 2 saturated heterocycles. The van der Waals surface area contributed by atoms with Crippen LogP contribution in [-0.2, 0) is 4.74 Å². The van der Waals surface area contributed by atoms with Crippen LogP contribution in [0.25, 0.3) is 11.1 Å². The van der Waals surface area contributed by atoms with Gasteiger partial charge in [-0.15, -0.1) is 0 Å². The average molecular weight is 619 g/mol. The van der Waals surface area contributed by atoms with E-state index in [9.17, 15) is 0 Å². The number of rotatable bonds is 5. The third-order valence-corrected chi connectivity index (χ3v) is 8.53. The molecule has 0 aliphatic carbocycles. The maximum absolute atomic E-state index is 5.47. The smallest absolute Gasteiger partial charge is 0.128 e. The largest absolute Gasteiger partial charge is 0.378 e. The minimum Gasteiger partial charge on any atom is -0.378 e. The van der Waals surface area contributed by atoms with Crippen molar-refractivity contribution < 1.29 is 4.74 Å². The van der Waals surface area contributed by atoms with Crippen LogP contribution < -0.4 is 9.80 Å². The molecule has 2 atom stereocenters. The zero-order valence-electron chi connectivity index (χ0n) is 20.6. The first kappa shape index (κ1) is 24.7. The van der Waals surface area contributed by atoms with E-state index in [2.05, 4.69) is 127 Å². The molecule has 0 bridgehead atoms. The summed E-state index contributed by atoms with van der Waals surface area (Å²) in [7, 11) is 0. The molecule has 0 radical (unpaired) electrons. The van der Waals surface area contributed by atoms with Gasteiger partial charge in [-0.05, 0) is 78.1 Å². The van der Waals surface area contributed by atoms with Crippen molar-refractivity contribution in [1.82, 2.24) is 4.98 Å². The molecule has 6 heteroatoms. The molecule has 4 aromatic rings. The number of aromatic nitrogens is 1. The van der Waals surface area contributed by atoms with Crippen molar-refractivity contribution in [2.45, 2.75) is 24.9 Å². The van der Waals surface area contributed by atoms with Crippen molar-refractivity contribution in [3.63, 3.8) is 0 Å². The van der Waals surface area contributed by atoms with E-state index in [1.54, 1.807) is 0 Å². The number of nitrogens with zero attached hydrogens (tertiary/aromatic N) is 3. The van der Waals surface area contributed by atoms with Crippen LogP contribution in [0, 0.1) is 0 Å². The third kappa shape index (κ3) is 5.33. The number of benzene rings is 3. The van der Waals surface area contributed by atoms with Crippen molar-refractivity contribution >= 4 is 43.4 Å². The van der Waals surface area contributed by atoms with E-state index in [0.717, 1.165) is 59.5 Å². The monoisotopic (exact) mass is 617 g/mol. The van der Waals surface area contributed by atoms with Crippen molar-refractivity contribution in [2.75, 3.05) is 36.1 Å². The lowest BCUT2D eigenvalue weighted by atomic mass is 10.0. The van der Waals surface area contributed by atoms with E-state index in [4.69, 9.17) is 9.72 Å². The number of anilines is 2. The topological polar surface area (TPSA) is 28.6 Å². The molecule has 0 saturated carbocycles. The molecule has 0 N–H and O–H groups in total. The zero-order valence-corrected chi connectivity index (χ0v) is 23.7. The lowest BCUT2D eigenvalue weighted by Crippen LogP contribution is -2.36. The van der Waals surface area contributed by atoms with Crippen molar-refractivity contribution in [3.8, 4) is 11.1 Å². The van der Waals surface area contributed by atoms with Crippen LogP contribution in [0.2, 0.25) is 0 Å². The fraction of sp³-hybridized carbons (Fsp3) is 0.258. The first-order valence-corrected chi connectivity index (χ1v) is 14.4. The van der Waals surface area contributed by atoms with E-state index in [-0.39, 0.29) is 0 Å². The lowest BCUT2D eigenvalue weighted by Gasteiger charge is -2.33. The van der Waals surface area contributed by atoms with Gasteiger partial charge >= 0.3 is 0 Å². The number of halogens is 2. The summed E-state index contributed by atoms with van der Waals surface area (Å²) < 4.78 is 7.70. The maximum atomic E-state index is 5.47. The molecular weight excluding hydrogens is 590 g/mol. The Bertz CT molecular complexity index is 1270. The molecule has 2 fully saturated rings. The molecule has 37 heavy (non-hydrogen) atoms. The summed E-state index contributed by atoms with van der Waals surface area (Å²) >= 11 is 7.19. The summed E-state index contributed by atoms with van der Waals surface area (Å²) in [6.45, 7) is 3.33. The Hall–Kier alpha value is -2.67. The van der Waals surface area contributed by atoms with Crippen molar-refractivity contribution in [1.29, 1.82) is 0 Å². The Labute approximate surface area is 235 Å². The maximum Gasteiger partial charge on any atom is 0.128 e. The lowest BCUT2D eigenvalue weighted by molar-refractivity contribution is 0.122. The number of hydrogen-bond donors (Lipinski definition) is 0. The van der Waals surface area contributed by atoms with Crippen LogP contribution in [0.5, 0.6) is 0 Å². The number of ether oxygens (including phenoxy) is 1. The van der Waals surface area contributed by atoms with Gasteiger partial charge < -0.3 is 14.5 Å². The fourth-order valence-corrected chi connectivity index (χ4v) is 6.09. The van der Waals surface area contributed by atoms with Crippen LogP contribution in [0.4, 0.5) is 11.5 Å². The number of pyridine rings is 1. The molecule has 0 amide bonds. The highest BCUT2D eigenvalue weighted by Gasteiger charge is 2.35. The molecule has 6 rings (SSSR count). The van der Waals surface area contributed by atoms with Gasteiger partial charge in [-0.3, -0.25) is 0 Å². The van der Waals surface area contributed by atoms with Gasteiger partial charge in [0.05, 0.1) is 25.3 Å². The van der Waals surface area contributed by atoms with Gasteiger partial charge in [0.2, 0.25) is 0 Å². The molecular formula is C31H29Br2N3O. The average Bonchev–Trinajstić information content (AvgIpc) is 3.40. The molecule has 3 aromatic carbocycles. The van der Waals surface area contributed by atoms with Gasteiger partial charge in [-0.2, -0.15) is 0 Å². The molecule has 4 nitrogen and oxygen atoms in total. The van der Waals surface area contributed by atoms with Gasteiger partial charge in [0.1, 0.15) is 5.82 Å². The number of morpholine rings is 1. The van der Waals surface area contributed by atoms with Crippen LogP contribution in [0.15, 0.2) is 100 Å². The molecule has 188 valence electrons. The van der Waals surface area contributed by atoms with Crippen LogP contribution in [0.3, 0.4) is 0 Å². The van der Waals surface area contributed by atoms with E-state index >= 15 is 0 Å². The Kier molecular flexibility index (Phi) is 7.32. The highest BCUT2D eigenvalue weighted by molar-refractivity contribution is 9.10. The van der Waals surface area contributed by atoms with Gasteiger partial charge in [0, 0.05) is 39.5 Å². The minimum absolute atomic E-state index is 0.335. The molecule has 2 aliphatic rings. The Morgan fingerprint density at radius 1 is 0.649 bits per heavy atom. The van der Waals surface area contributed by atoms with Gasteiger partial charge in [-0.1, -0.05) is 68.3 Å². The molecule has 0 spiro atoms. The molecule has 3 heterocycles. The molecule has 2 aliphatic heterocycles. The van der Waals surface area contributed by atoms with Crippen LogP contribution in [-0.4, -0.2) is 31.3 Å². The molecule has 2 unspecified atom stereocenters. The highest BCUT2D eigenvalue weighted by Crippen LogP contribution is 2.47. The van der Waals surface area contributed by atoms with Crippen molar-refractivity contribution in [2.24, 2.45) is 0 Å². The SMILES string of the molecule is Brc1ccc(C2CCC(c3ccc(Br)cc3)N2c2ccc(-c3ccc(N4CCOCC4)nc3)cc2)cc1. The van der Waals surface area contributed by atoms with Gasteiger partial charge in [0.25, 0.3) is 0 Å². The summed E-state index contributed by atoms with van der Waals surface area (Å²) in [5.41, 5.74) is 6.29. The summed E-state index contributed by atoms with van der Waals surface area (Å²) in [5.74, 6) is 1.02. The van der Waals surface area contributed by atoms with E-state index in [0.29, 0.717) is 12.1 Å². The Morgan fingerprint density at radius 2 is 1.19 bits per heavy atom. The van der Waals surface area contributed by atoms with Crippen molar-refractivity contribution in [3.05, 3.63) is 111 Å². The number of hydrogen-bond acceptors (Lipinski definition) is 4. The second-order valence-electron chi connectivity index (χ2n) is 9.67. The Morgan fingerprint density at radius 3 is 1.70 bits per heavy atom. The quantitative estimate of drug-likeness (QED) is 0.225. The normalized spacial score (nSPS) is 19.8. The second-order valence-corrected chi connectivity index (χ2v) is 11.5. The Balaban J connectivity index is 1.29. The van der Waals surface area contributed by atoms with Crippen LogP contribution in [0.1, 0.15) is 36.1 Å². The van der Waals surface area contributed by atoms with Crippen LogP contribution >= 0.6 is 31.9 Å². The first-order chi connectivity index (χ1) is 18.2. The molecule has 1 aromatic heterocycles. The zero-order chi connectivity index (χ0) is 25.2. The van der Waals surface area contributed by atoms with E-state index < -0.39 is 0 Å². The first-order valence-electron chi connectivity index (χ1n) is 12.8. The second kappa shape index (κ2) is 11.0. The minimum atomic E-state index is 0.335. The summed E-state index contributed by atoms with van der Waals surface area (Å²) in [6.07, 6.45) is 4.24. The summed E-state index contributed by atoms with van der Waals surface area (Å²) in [5, 5.41) is 0. The van der Waals surface area contributed by atoms with Gasteiger partial charge in [-0.25, -0.2) is 4.98 Å². The van der Waals surface area contributed by atoms with E-state index in [1.165, 1.54) is 22.4 Å². The predicted octanol–water partition coefficient (Wildman–Crippen LogP) is 8.19. The highest BCUT2D eigenvalue weighted by atomic mass is 79.9. The summed E-state index contributed by atoms with van der Waals surface area (Å²) in [6, 6.07) is 31.6. The fourth-order valence-electron chi connectivity index (χ4n) is 5.56. The predicted molar refractivity (Wildman–Crippen MR) is 158 cm³/mol. The third-order valence-electron chi connectivity index (χ3n) is 7.48. The van der Waals surface area contributed by atoms with Gasteiger partial charge in [0.15, 0.2) is 0 Å². The summed E-state index contributed by atoms with van der Waals surface area (Å²) in [4.78, 5) is 9.64. The van der Waals surface area contributed by atoms with E-state index in [1.807, 2.05) is 6.20 Å². The standard InChI is InChI=1S/C31H29Br2N3O/c32-26-8-1-23(2-9-26)29-14-15-30(24-3-10-27(33)11-4-24)36(29)28-12-5-22(6-13-28)25-7-16-31(34-21-25)35-17-19-37-20-18-35/h1-13,16,21,29-30H,14-15,17-20H2.